The van der Waals surface area contributed by atoms with Crippen molar-refractivity contribution in [1.29, 1.82) is 0 Å². The number of fused-ring (bicyclic) bond motifs is 1. The smallest absolute Gasteiger partial charge is 0.355 e. The molecule has 1 aliphatic rings. The third kappa shape index (κ3) is 5.58. The molecule has 36 heavy (non-hydrogen) atoms. The maximum Gasteiger partial charge on any atom is 0.355 e. The van der Waals surface area contributed by atoms with Crippen LogP contribution in [-0.4, -0.2) is 35.6 Å². The zero-order chi connectivity index (χ0) is 24.7. The second-order valence-corrected chi connectivity index (χ2v) is 9.50. The lowest BCUT2D eigenvalue weighted by Crippen LogP contribution is -2.24. The molecular weight excluding hydrogens is 472 g/mol. The first kappa shape index (κ1) is 24.4. The second kappa shape index (κ2) is 11.6. The molecule has 1 N–H and O–H groups in total. The summed E-state index contributed by atoms with van der Waals surface area (Å²) in [6.07, 6.45) is 2.83. The number of nitrogens with one attached hydrogen (secondary N) is 1. The minimum absolute atomic E-state index is 0.332. The fourth-order valence-corrected chi connectivity index (χ4v) is 5.00. The van der Waals surface area contributed by atoms with Crippen LogP contribution in [-0.2, 0) is 11.3 Å². The van der Waals surface area contributed by atoms with E-state index in [9.17, 15) is 4.79 Å². The number of nitrogens with zero attached hydrogens (tertiary/aromatic N) is 1. The van der Waals surface area contributed by atoms with Gasteiger partial charge in [0.05, 0.1) is 5.88 Å². The van der Waals surface area contributed by atoms with Gasteiger partial charge >= 0.3 is 5.97 Å². The van der Waals surface area contributed by atoms with E-state index >= 15 is 0 Å². The highest BCUT2D eigenvalue weighted by molar-refractivity contribution is 6.18. The lowest BCUT2D eigenvalue weighted by molar-refractivity contribution is 0.0365. The zero-order valence-electron chi connectivity index (χ0n) is 20.2. The van der Waals surface area contributed by atoms with Gasteiger partial charge < -0.3 is 19.4 Å². The molecule has 1 saturated heterocycles. The van der Waals surface area contributed by atoms with Gasteiger partial charge in [0.2, 0.25) is 0 Å². The van der Waals surface area contributed by atoms with Gasteiger partial charge in [0, 0.05) is 23.5 Å². The average molecular weight is 503 g/mol. The predicted octanol–water partition coefficient (Wildman–Crippen LogP) is 6.35. The van der Waals surface area contributed by atoms with Crippen LogP contribution in [0.25, 0.3) is 10.9 Å². The van der Waals surface area contributed by atoms with Crippen LogP contribution in [0, 0.1) is 0 Å². The Morgan fingerprint density at radius 2 is 1.75 bits per heavy atom. The third-order valence-corrected chi connectivity index (χ3v) is 6.89. The largest absolute Gasteiger partial charge is 0.492 e. The lowest BCUT2D eigenvalue weighted by atomic mass is 10.0. The van der Waals surface area contributed by atoms with E-state index in [2.05, 4.69) is 16.0 Å². The number of alkyl halides is 1. The quantitative estimate of drug-likeness (QED) is 0.203. The molecule has 3 aromatic carbocycles. The average Bonchev–Trinajstić information content (AvgIpc) is 3.58. The van der Waals surface area contributed by atoms with E-state index < -0.39 is 6.10 Å². The number of benzene rings is 3. The summed E-state index contributed by atoms with van der Waals surface area (Å²) >= 11 is 5.74. The highest BCUT2D eigenvalue weighted by atomic mass is 35.5. The second-order valence-electron chi connectivity index (χ2n) is 9.12. The summed E-state index contributed by atoms with van der Waals surface area (Å²) < 4.78 is 14.0. The number of carbonyl (C=O) groups is 1. The van der Waals surface area contributed by atoms with Crippen molar-refractivity contribution < 1.29 is 14.3 Å². The van der Waals surface area contributed by atoms with E-state index in [-0.39, 0.29) is 5.97 Å². The van der Waals surface area contributed by atoms with Crippen molar-refractivity contribution in [3.63, 3.8) is 0 Å². The number of carbonyl (C=O) groups excluding carboxylic acids is 1. The molecule has 1 aromatic heterocycles. The summed E-state index contributed by atoms with van der Waals surface area (Å²) in [6.45, 7) is 2.28. The van der Waals surface area contributed by atoms with Crippen molar-refractivity contribution in [3.8, 4) is 5.75 Å². The predicted molar refractivity (Wildman–Crippen MR) is 144 cm³/mol. The number of esters is 1. The Kier molecular flexibility index (Phi) is 7.89. The fraction of sp³-hybridized carbons (Fsp3) is 0.300. The number of hydrogen-bond donors (Lipinski definition) is 1. The Morgan fingerprint density at radius 1 is 1.00 bits per heavy atom. The van der Waals surface area contributed by atoms with E-state index in [1.54, 1.807) is 0 Å². The monoisotopic (exact) mass is 502 g/mol. The van der Waals surface area contributed by atoms with Crippen LogP contribution in [0.5, 0.6) is 5.75 Å². The van der Waals surface area contributed by atoms with Crippen molar-refractivity contribution >= 4 is 28.5 Å². The van der Waals surface area contributed by atoms with Gasteiger partial charge in [-0.05, 0) is 61.2 Å². The minimum Gasteiger partial charge on any atom is -0.492 e. The van der Waals surface area contributed by atoms with Gasteiger partial charge in [0.15, 0.2) is 6.10 Å². The van der Waals surface area contributed by atoms with Crippen LogP contribution >= 0.6 is 11.6 Å². The molecule has 0 bridgehead atoms. The maximum absolute atomic E-state index is 13.7. The van der Waals surface area contributed by atoms with Crippen LogP contribution in [0.2, 0.25) is 0 Å². The van der Waals surface area contributed by atoms with Gasteiger partial charge in [-0.25, -0.2) is 4.79 Å². The number of ether oxygens (including phenoxy) is 2. The van der Waals surface area contributed by atoms with Crippen LogP contribution < -0.4 is 10.1 Å². The first-order valence-corrected chi connectivity index (χ1v) is 13.1. The number of hydrogen-bond acceptors (Lipinski definition) is 4. The van der Waals surface area contributed by atoms with Crippen molar-refractivity contribution in [3.05, 3.63) is 102 Å². The van der Waals surface area contributed by atoms with Gasteiger partial charge in [-0.1, -0.05) is 60.7 Å². The van der Waals surface area contributed by atoms with Crippen molar-refractivity contribution in [2.45, 2.75) is 38.0 Å². The first-order valence-electron chi connectivity index (χ1n) is 12.6. The Balaban J connectivity index is 1.43. The molecule has 5 nitrogen and oxygen atoms in total. The van der Waals surface area contributed by atoms with Gasteiger partial charge in [-0.2, -0.15) is 0 Å². The van der Waals surface area contributed by atoms with E-state index in [1.807, 2.05) is 78.9 Å². The molecule has 0 amide bonds. The fourth-order valence-electron chi connectivity index (χ4n) is 4.93. The summed E-state index contributed by atoms with van der Waals surface area (Å²) in [4.78, 5) is 13.7. The van der Waals surface area contributed by atoms with E-state index in [0.29, 0.717) is 24.2 Å². The molecule has 0 saturated carbocycles. The van der Waals surface area contributed by atoms with Crippen molar-refractivity contribution in [2.75, 3.05) is 19.0 Å². The number of para-hydroxylation sites is 1. The highest BCUT2D eigenvalue weighted by Crippen LogP contribution is 2.30. The number of aromatic nitrogens is 1. The zero-order valence-corrected chi connectivity index (χ0v) is 21.0. The normalized spacial score (nSPS) is 16.2. The van der Waals surface area contributed by atoms with Gasteiger partial charge in [-0.15, -0.1) is 11.6 Å². The van der Waals surface area contributed by atoms with Crippen LogP contribution in [0.3, 0.4) is 0 Å². The topological polar surface area (TPSA) is 52.5 Å². The van der Waals surface area contributed by atoms with Crippen molar-refractivity contribution in [1.82, 2.24) is 9.88 Å². The molecule has 2 heterocycles. The van der Waals surface area contributed by atoms with Crippen molar-refractivity contribution in [2.24, 2.45) is 0 Å². The Morgan fingerprint density at radius 3 is 2.50 bits per heavy atom. The number of aryl methyl sites for hydroxylation is 1. The molecule has 0 spiro atoms. The number of halogens is 1. The molecule has 6 heteroatoms. The molecule has 2 unspecified atom stereocenters. The van der Waals surface area contributed by atoms with E-state index in [4.69, 9.17) is 21.1 Å². The number of rotatable bonds is 10. The van der Waals surface area contributed by atoms with Crippen LogP contribution in [0.4, 0.5) is 0 Å². The van der Waals surface area contributed by atoms with Gasteiger partial charge in [-0.3, -0.25) is 0 Å². The lowest BCUT2D eigenvalue weighted by Gasteiger charge is -2.20. The van der Waals surface area contributed by atoms with E-state index in [0.717, 1.165) is 47.3 Å². The molecule has 1 fully saturated rings. The SMILES string of the molecule is O=C(OC(c1ccccc1)c1ccc(OCCCl)cc1)c1cc2ccccc2n1CCC1CCCN1. The maximum atomic E-state index is 13.7. The Labute approximate surface area is 217 Å². The van der Waals surface area contributed by atoms with Crippen LogP contribution in [0.15, 0.2) is 84.9 Å². The summed E-state index contributed by atoms with van der Waals surface area (Å²) in [5.74, 6) is 0.830. The summed E-state index contributed by atoms with van der Waals surface area (Å²) in [5.41, 5.74) is 3.43. The summed E-state index contributed by atoms with van der Waals surface area (Å²) in [5, 5.41) is 4.60. The van der Waals surface area contributed by atoms with Gasteiger partial charge in [0.1, 0.15) is 18.1 Å². The molecule has 4 aromatic rings. The van der Waals surface area contributed by atoms with Gasteiger partial charge in [0.25, 0.3) is 0 Å². The van der Waals surface area contributed by atoms with E-state index in [1.165, 1.54) is 12.8 Å². The standard InChI is InChI=1S/C30H31ClN2O3/c31-17-20-35-26-14-12-23(13-15-26)29(22-7-2-1-3-8-22)36-30(34)28-21-24-9-4-5-11-27(24)33(28)19-16-25-10-6-18-32-25/h1-5,7-9,11-15,21,25,29,32H,6,10,16-20H2. The Bertz CT molecular complexity index is 1280. The first-order chi connectivity index (χ1) is 17.7. The molecule has 186 valence electrons. The molecule has 0 radical (unpaired) electrons. The minimum atomic E-state index is -0.538. The molecule has 2 atom stereocenters. The third-order valence-electron chi connectivity index (χ3n) is 6.74. The molecular formula is C30H31ClN2O3. The molecule has 5 rings (SSSR count). The summed E-state index contributed by atoms with van der Waals surface area (Å²) in [6, 6.07) is 28.1. The molecule has 0 aliphatic carbocycles. The molecule has 1 aliphatic heterocycles. The van der Waals surface area contributed by atoms with Crippen LogP contribution in [0.1, 0.15) is 47.0 Å². The Hall–Kier alpha value is -3.28. The summed E-state index contributed by atoms with van der Waals surface area (Å²) in [7, 11) is 0. The highest BCUT2D eigenvalue weighted by Gasteiger charge is 2.24.